The maximum atomic E-state index is 14.6. The molecule has 0 unspecified atom stereocenters. The predicted octanol–water partition coefficient (Wildman–Crippen LogP) is 4.57. The molecule has 0 saturated carbocycles. The van der Waals surface area contributed by atoms with Crippen LogP contribution in [0.5, 0.6) is 5.75 Å². The Morgan fingerprint density at radius 1 is 1.16 bits per heavy atom. The second kappa shape index (κ2) is 10.7. The monoisotopic (exact) mass is 449 g/mol. The molecule has 0 spiro atoms. The molecule has 1 aliphatic rings. The molecule has 2 amide bonds. The lowest BCUT2D eigenvalue weighted by Crippen LogP contribution is -2.60. The van der Waals surface area contributed by atoms with Crippen LogP contribution in [0.25, 0.3) is 0 Å². The van der Waals surface area contributed by atoms with E-state index in [1.165, 1.54) is 24.3 Å². The summed E-state index contributed by atoms with van der Waals surface area (Å²) < 4.78 is 48.2. The summed E-state index contributed by atoms with van der Waals surface area (Å²) in [5.74, 6) is -2.33. The molecule has 2 aromatic carbocycles. The number of amides is 2. The van der Waals surface area contributed by atoms with E-state index in [2.05, 4.69) is 24.5 Å². The zero-order valence-corrected chi connectivity index (χ0v) is 18.4. The third kappa shape index (κ3) is 6.63. The first-order valence-corrected chi connectivity index (χ1v) is 10.8. The van der Waals surface area contributed by atoms with Gasteiger partial charge in [-0.3, -0.25) is 0 Å². The third-order valence-electron chi connectivity index (χ3n) is 5.30. The van der Waals surface area contributed by atoms with Crippen molar-refractivity contribution in [3.8, 4) is 5.75 Å². The van der Waals surface area contributed by atoms with Gasteiger partial charge in [0.25, 0.3) is 5.92 Å². The number of nitrogens with one attached hydrogen (secondary N) is 2. The van der Waals surface area contributed by atoms with E-state index in [4.69, 9.17) is 4.74 Å². The highest BCUT2D eigenvalue weighted by Crippen LogP contribution is 2.29. The van der Waals surface area contributed by atoms with Gasteiger partial charge in [0.15, 0.2) is 0 Å². The van der Waals surface area contributed by atoms with Crippen molar-refractivity contribution in [2.75, 3.05) is 19.7 Å². The summed E-state index contributed by atoms with van der Waals surface area (Å²) in [6, 6.07) is 11.0. The standard InChI is InChI=1S/C24H30F3N3O2/c1-17(2)15-32-21-9-5-18(6-10-21)13-29-23(31)30(14-19-3-7-20(25)8-4-19)22-11-12-28-16-24(22,26)27/h3-10,17,22,28H,11-16H2,1-2H3,(H,29,31)/t22-/m0/s1. The van der Waals surface area contributed by atoms with Crippen LogP contribution in [0.15, 0.2) is 48.5 Å². The van der Waals surface area contributed by atoms with Crippen LogP contribution in [0.1, 0.15) is 31.4 Å². The van der Waals surface area contributed by atoms with E-state index in [0.29, 0.717) is 24.6 Å². The molecule has 1 heterocycles. The minimum atomic E-state index is -3.06. The number of urea groups is 1. The average molecular weight is 450 g/mol. The molecule has 0 aromatic heterocycles. The van der Waals surface area contributed by atoms with Gasteiger partial charge in [0, 0.05) is 13.1 Å². The molecule has 3 rings (SSSR count). The van der Waals surface area contributed by atoms with Crippen LogP contribution in [0, 0.1) is 11.7 Å². The van der Waals surface area contributed by atoms with Crippen LogP contribution < -0.4 is 15.4 Å². The predicted molar refractivity (Wildman–Crippen MR) is 117 cm³/mol. The number of alkyl halides is 2. The highest BCUT2D eigenvalue weighted by molar-refractivity contribution is 5.74. The van der Waals surface area contributed by atoms with Gasteiger partial charge in [-0.1, -0.05) is 38.1 Å². The Hall–Kier alpha value is -2.74. The van der Waals surface area contributed by atoms with E-state index in [1.807, 2.05) is 24.3 Å². The fourth-order valence-corrected chi connectivity index (χ4v) is 3.56. The molecule has 2 N–H and O–H groups in total. The maximum Gasteiger partial charge on any atom is 0.318 e. The number of piperidine rings is 1. The van der Waals surface area contributed by atoms with Crippen LogP contribution in [0.4, 0.5) is 18.0 Å². The summed E-state index contributed by atoms with van der Waals surface area (Å²) in [5.41, 5.74) is 1.41. The van der Waals surface area contributed by atoms with Gasteiger partial charge < -0.3 is 20.3 Å². The Bertz CT molecular complexity index is 873. The lowest BCUT2D eigenvalue weighted by molar-refractivity contribution is -0.0852. The number of ether oxygens (including phenoxy) is 1. The number of halogens is 3. The van der Waals surface area contributed by atoms with E-state index in [1.54, 1.807) is 0 Å². The minimum absolute atomic E-state index is 0.0334. The molecule has 2 aromatic rings. The first-order chi connectivity index (χ1) is 15.2. The van der Waals surface area contributed by atoms with Crippen LogP contribution in [-0.4, -0.2) is 42.6 Å². The summed E-state index contributed by atoms with van der Waals surface area (Å²) in [7, 11) is 0. The van der Waals surface area contributed by atoms with E-state index in [9.17, 15) is 18.0 Å². The summed E-state index contributed by atoms with van der Waals surface area (Å²) in [5, 5.41) is 5.43. The average Bonchev–Trinajstić information content (AvgIpc) is 2.76. The molecule has 32 heavy (non-hydrogen) atoms. The van der Waals surface area contributed by atoms with Gasteiger partial charge in [-0.25, -0.2) is 18.0 Å². The van der Waals surface area contributed by atoms with Gasteiger partial charge >= 0.3 is 6.03 Å². The SMILES string of the molecule is CC(C)COc1ccc(CNC(=O)N(Cc2ccc(F)cc2)[C@H]2CCNCC2(F)F)cc1. The largest absolute Gasteiger partial charge is 0.493 e. The van der Waals surface area contributed by atoms with Gasteiger partial charge in [-0.2, -0.15) is 0 Å². The Morgan fingerprint density at radius 3 is 2.44 bits per heavy atom. The summed E-state index contributed by atoms with van der Waals surface area (Å²) in [6.07, 6.45) is 0.128. The molecule has 1 saturated heterocycles. The zero-order chi connectivity index (χ0) is 23.1. The van der Waals surface area contributed by atoms with Crippen molar-refractivity contribution in [2.45, 2.75) is 45.3 Å². The van der Waals surface area contributed by atoms with Crippen LogP contribution in [-0.2, 0) is 13.1 Å². The van der Waals surface area contributed by atoms with Crippen molar-refractivity contribution in [3.63, 3.8) is 0 Å². The van der Waals surface area contributed by atoms with Crippen molar-refractivity contribution < 1.29 is 22.7 Å². The van der Waals surface area contributed by atoms with E-state index < -0.39 is 30.4 Å². The number of carbonyl (C=O) groups excluding carboxylic acids is 1. The number of rotatable bonds is 8. The highest BCUT2D eigenvalue weighted by atomic mass is 19.3. The first kappa shape index (κ1) is 23.9. The lowest BCUT2D eigenvalue weighted by atomic mass is 10.00. The third-order valence-corrected chi connectivity index (χ3v) is 5.30. The highest BCUT2D eigenvalue weighted by Gasteiger charge is 2.46. The molecule has 0 bridgehead atoms. The molecule has 8 heteroatoms. The van der Waals surface area contributed by atoms with Crippen LogP contribution >= 0.6 is 0 Å². The summed E-state index contributed by atoms with van der Waals surface area (Å²) >= 11 is 0. The topological polar surface area (TPSA) is 53.6 Å². The van der Waals surface area contributed by atoms with Crippen LogP contribution in [0.2, 0.25) is 0 Å². The number of benzene rings is 2. The van der Waals surface area contributed by atoms with Crippen molar-refractivity contribution in [1.29, 1.82) is 0 Å². The molecular formula is C24H30F3N3O2. The van der Waals surface area contributed by atoms with Crippen molar-refractivity contribution in [3.05, 3.63) is 65.5 Å². The van der Waals surface area contributed by atoms with Crippen molar-refractivity contribution >= 4 is 6.03 Å². The molecule has 1 atom stereocenters. The number of nitrogens with zero attached hydrogens (tertiary/aromatic N) is 1. The number of hydrogen-bond acceptors (Lipinski definition) is 3. The maximum absolute atomic E-state index is 14.6. The summed E-state index contributed by atoms with van der Waals surface area (Å²) in [6.45, 7) is 4.81. The lowest BCUT2D eigenvalue weighted by Gasteiger charge is -2.40. The number of carbonyl (C=O) groups is 1. The Kier molecular flexibility index (Phi) is 8.01. The van der Waals surface area contributed by atoms with Gasteiger partial charge in [0.05, 0.1) is 19.2 Å². The van der Waals surface area contributed by atoms with Gasteiger partial charge in [-0.15, -0.1) is 0 Å². The van der Waals surface area contributed by atoms with Gasteiger partial charge in [0.1, 0.15) is 11.6 Å². The van der Waals surface area contributed by atoms with E-state index in [0.717, 1.165) is 16.2 Å². The quantitative estimate of drug-likeness (QED) is 0.621. The van der Waals surface area contributed by atoms with Crippen LogP contribution in [0.3, 0.4) is 0 Å². The van der Waals surface area contributed by atoms with Gasteiger partial charge in [-0.05, 0) is 54.3 Å². The Balaban J connectivity index is 1.68. The molecule has 1 aliphatic heterocycles. The molecule has 174 valence electrons. The fraction of sp³-hybridized carbons (Fsp3) is 0.458. The zero-order valence-electron chi connectivity index (χ0n) is 18.4. The fourth-order valence-electron chi connectivity index (χ4n) is 3.56. The Morgan fingerprint density at radius 2 is 1.81 bits per heavy atom. The minimum Gasteiger partial charge on any atom is -0.493 e. The summed E-state index contributed by atoms with van der Waals surface area (Å²) in [4.78, 5) is 14.1. The van der Waals surface area contributed by atoms with E-state index >= 15 is 0 Å². The molecule has 0 aliphatic carbocycles. The number of hydrogen-bond donors (Lipinski definition) is 2. The molecule has 1 fully saturated rings. The normalized spacial score (nSPS) is 17.8. The molecular weight excluding hydrogens is 419 g/mol. The molecule has 5 nitrogen and oxygen atoms in total. The second-order valence-corrected chi connectivity index (χ2v) is 8.50. The van der Waals surface area contributed by atoms with E-state index in [-0.39, 0.29) is 19.5 Å². The van der Waals surface area contributed by atoms with Crippen molar-refractivity contribution in [1.82, 2.24) is 15.5 Å². The molecule has 0 radical (unpaired) electrons. The van der Waals surface area contributed by atoms with Gasteiger partial charge in [0.2, 0.25) is 0 Å². The second-order valence-electron chi connectivity index (χ2n) is 8.50. The van der Waals surface area contributed by atoms with Crippen molar-refractivity contribution in [2.24, 2.45) is 5.92 Å². The smallest absolute Gasteiger partial charge is 0.318 e. The Labute approximate surface area is 186 Å². The first-order valence-electron chi connectivity index (χ1n) is 10.8.